The van der Waals surface area contributed by atoms with E-state index < -0.39 is 27.8 Å². The molecule has 2 heterocycles. The Bertz CT molecular complexity index is 6670. The van der Waals surface area contributed by atoms with Gasteiger partial charge in [0.1, 0.15) is 22.8 Å². The SMILES string of the molecule is Cc1ccc([Si](c2ccc(C)cc2)(c2ccc(C)cc2)c2ccc(-c3ccc(F)c(N(c4cc(C(C)C)c5ccc6c(N(c7cc(-c8ccc([Si](c9ccc(C)cc9)(c9ccc(C)cc9)c9ccc(C)cc9)cc8)ccc7F)c7cccc8c7oc7ccccc78)cc(C(C)C)c7ccc4c5c76)c4cccc5c4oc4ccccc45)c3)cc2)cc1. The highest BCUT2D eigenvalue weighted by atomic mass is 28.3. The summed E-state index contributed by atoms with van der Waals surface area (Å²) in [4.78, 5) is 4.25. The van der Waals surface area contributed by atoms with E-state index in [0.29, 0.717) is 33.9 Å². The molecule has 20 rings (SSSR count). The average Bonchev–Trinajstić information content (AvgIpc) is 0.738. The van der Waals surface area contributed by atoms with Crippen LogP contribution in [0.4, 0.5) is 42.9 Å². The number of para-hydroxylation sites is 4. The molecule has 0 aliphatic rings. The highest BCUT2D eigenvalue weighted by Gasteiger charge is 2.44. The zero-order chi connectivity index (χ0) is 82.0. The quantitative estimate of drug-likeness (QED) is 0.0487. The van der Waals surface area contributed by atoms with Gasteiger partial charge in [0.05, 0.1) is 34.1 Å². The Morgan fingerprint density at radius 3 is 0.800 bits per heavy atom. The van der Waals surface area contributed by atoms with Gasteiger partial charge in [-0.2, -0.15) is 0 Å². The van der Waals surface area contributed by atoms with E-state index in [1.165, 1.54) is 74.9 Å². The van der Waals surface area contributed by atoms with Crippen molar-refractivity contribution in [3.05, 3.63) is 408 Å². The van der Waals surface area contributed by atoms with Crippen LogP contribution in [-0.2, 0) is 0 Å². The van der Waals surface area contributed by atoms with Crippen molar-refractivity contribution >= 4 is 168 Å². The first-order valence-corrected chi connectivity index (χ1v) is 45.8. The molecule has 0 amide bonds. The minimum Gasteiger partial charge on any atom is -0.454 e. The van der Waals surface area contributed by atoms with Gasteiger partial charge in [-0.3, -0.25) is 0 Å². The summed E-state index contributed by atoms with van der Waals surface area (Å²) in [7, 11) is -5.91. The van der Waals surface area contributed by atoms with Crippen LogP contribution in [-0.4, -0.2) is 16.1 Å². The van der Waals surface area contributed by atoms with E-state index >= 15 is 8.78 Å². The van der Waals surface area contributed by atoms with Gasteiger partial charge in [-0.25, -0.2) is 8.78 Å². The van der Waals surface area contributed by atoms with Gasteiger partial charge in [-0.15, -0.1) is 0 Å². The van der Waals surface area contributed by atoms with Gasteiger partial charge >= 0.3 is 0 Å². The van der Waals surface area contributed by atoms with Gasteiger partial charge in [0, 0.05) is 32.3 Å². The number of aryl methyl sites for hydroxylation is 6. The molecule has 0 saturated heterocycles. The number of benzene rings is 18. The summed E-state index contributed by atoms with van der Waals surface area (Å²) >= 11 is 0. The van der Waals surface area contributed by atoms with Gasteiger partial charge in [0.15, 0.2) is 27.3 Å². The Kier molecular flexibility index (Phi) is 18.7. The zero-order valence-electron chi connectivity index (χ0n) is 69.1. The minimum atomic E-state index is -2.96. The molecule has 2 aromatic heterocycles. The molecule has 0 aliphatic heterocycles. The molecular weight excluding hydrogens is 1500 g/mol. The van der Waals surface area contributed by atoms with E-state index in [4.69, 9.17) is 8.83 Å². The van der Waals surface area contributed by atoms with Gasteiger partial charge in [0.2, 0.25) is 0 Å². The Morgan fingerprint density at radius 2 is 0.500 bits per heavy atom. The fourth-order valence-corrected chi connectivity index (χ4v) is 28.6. The van der Waals surface area contributed by atoms with Crippen molar-refractivity contribution in [1.82, 2.24) is 0 Å². The van der Waals surface area contributed by atoms with Crippen molar-refractivity contribution < 1.29 is 17.6 Å². The highest BCUT2D eigenvalue weighted by molar-refractivity contribution is 7.20. The monoisotopic (exact) mass is 1590 g/mol. The zero-order valence-corrected chi connectivity index (χ0v) is 71.1. The van der Waals surface area contributed by atoms with Crippen LogP contribution >= 0.6 is 0 Å². The molecule has 8 heteroatoms. The molecule has 120 heavy (non-hydrogen) atoms. The molecule has 0 saturated carbocycles. The average molecular weight is 1590 g/mol. The summed E-state index contributed by atoms with van der Waals surface area (Å²) in [5, 5.41) is 20.0. The molecule has 0 unspecified atom stereocenters. The number of halogens is 2. The van der Waals surface area contributed by atoms with Crippen LogP contribution in [0.15, 0.2) is 361 Å². The molecule has 0 atom stereocenters. The Morgan fingerprint density at radius 1 is 0.233 bits per heavy atom. The van der Waals surface area contributed by atoms with Gasteiger partial charge < -0.3 is 18.6 Å². The maximum Gasteiger partial charge on any atom is 0.179 e. The first-order chi connectivity index (χ1) is 58.4. The summed E-state index contributed by atoms with van der Waals surface area (Å²) in [6, 6.07) is 127. The second-order valence-electron chi connectivity index (χ2n) is 33.7. The van der Waals surface area contributed by atoms with Crippen LogP contribution in [0.3, 0.4) is 0 Å². The minimum absolute atomic E-state index is 0.00837. The lowest BCUT2D eigenvalue weighted by atomic mass is 9.84. The molecule has 20 aromatic rings. The number of hydrogen-bond acceptors (Lipinski definition) is 4. The third-order valence-electron chi connectivity index (χ3n) is 25.5. The van der Waals surface area contributed by atoms with E-state index in [0.717, 1.165) is 110 Å². The predicted octanol–water partition coefficient (Wildman–Crippen LogP) is 25.8. The molecule has 18 aromatic carbocycles. The smallest absolute Gasteiger partial charge is 0.179 e. The van der Waals surface area contributed by atoms with Crippen molar-refractivity contribution in [2.45, 2.75) is 81.1 Å². The third-order valence-corrected chi connectivity index (χ3v) is 35.1. The number of anilines is 6. The third kappa shape index (κ3) is 12.4. The fraction of sp³-hybridized carbons (Fsp3) is 0.107. The van der Waals surface area contributed by atoms with E-state index in [1.54, 1.807) is 12.1 Å². The van der Waals surface area contributed by atoms with Crippen LogP contribution < -0.4 is 51.3 Å². The van der Waals surface area contributed by atoms with Crippen LogP contribution in [0.2, 0.25) is 0 Å². The van der Waals surface area contributed by atoms with Crippen molar-refractivity contribution in [1.29, 1.82) is 0 Å². The summed E-state index contributed by atoms with van der Waals surface area (Å²) in [5.74, 6) is -0.810. The molecule has 0 radical (unpaired) electrons. The van der Waals surface area contributed by atoms with Crippen LogP contribution in [0.25, 0.3) is 98.4 Å². The molecule has 0 aliphatic carbocycles. The first kappa shape index (κ1) is 75.3. The lowest BCUT2D eigenvalue weighted by Gasteiger charge is -2.35. The number of nitrogens with zero attached hydrogens (tertiary/aromatic N) is 2. The second-order valence-corrected chi connectivity index (χ2v) is 41.3. The van der Waals surface area contributed by atoms with Gasteiger partial charge in [-0.05, 0) is 210 Å². The van der Waals surface area contributed by atoms with E-state index in [1.807, 2.05) is 60.7 Å². The molecular formula is C112H90F2N2O2Si2. The van der Waals surface area contributed by atoms with E-state index in [9.17, 15) is 0 Å². The maximum atomic E-state index is 18.6. The fourth-order valence-electron chi connectivity index (χ4n) is 19.3. The first-order valence-electron chi connectivity index (χ1n) is 41.8. The largest absolute Gasteiger partial charge is 0.454 e. The van der Waals surface area contributed by atoms with Crippen LogP contribution in [0, 0.1) is 53.2 Å². The summed E-state index contributed by atoms with van der Waals surface area (Å²) in [6.45, 7) is 21.9. The number of hydrogen-bond donors (Lipinski definition) is 0. The molecule has 0 bridgehead atoms. The molecule has 4 nitrogen and oxygen atoms in total. The molecule has 0 spiro atoms. The van der Waals surface area contributed by atoms with Crippen molar-refractivity contribution in [2.75, 3.05) is 9.80 Å². The summed E-state index contributed by atoms with van der Waals surface area (Å²) < 4.78 is 51.3. The molecule has 0 N–H and O–H groups in total. The second kappa shape index (κ2) is 29.8. The number of rotatable bonds is 18. The van der Waals surface area contributed by atoms with Crippen molar-refractivity contribution in [3.63, 3.8) is 0 Å². The topological polar surface area (TPSA) is 32.8 Å². The Balaban J connectivity index is 0.800. The van der Waals surface area contributed by atoms with Gasteiger partial charge in [-0.1, -0.05) is 352 Å². The molecule has 0 fully saturated rings. The van der Waals surface area contributed by atoms with Crippen LogP contribution in [0.5, 0.6) is 0 Å². The number of fused-ring (bicyclic) bond motifs is 6. The van der Waals surface area contributed by atoms with Crippen molar-refractivity contribution in [3.8, 4) is 22.3 Å². The summed E-state index contributed by atoms with van der Waals surface area (Å²) in [5.41, 5.74) is 19.5. The summed E-state index contributed by atoms with van der Waals surface area (Å²) in [6.07, 6.45) is 0. The standard InChI is InChI=1S/C112H90F2N2O2Si2/c1-69(2)97-67-103(115(101-21-15-19-93-89-17-11-13-23-107(89)117-111(93)101)105-65-79(41-63-99(105)113)77-37-55-87(56-38-77)119(81-43-25-71(5)26-44-81,82-45-27-72(6)28-46-82)83-47-29-73(7)30-48-83)95-62-60-92-98(70(3)4)68-104(96-61-59-91(97)109(95)110(92)96)116(102-22-16-20-94-90-18-12-14-24-108(90)118-112(94)102)106-66-80(42-64-100(106)114)78-39-57-88(58-40-78)120(84-49-31-74(8)32-50-84,85-51-33-75(9)34-52-85)86-53-35-76(10)36-54-86/h11-70H,1-10H3. The maximum absolute atomic E-state index is 18.6. The normalized spacial score (nSPS) is 12.2. The molecule has 582 valence electrons. The Hall–Kier alpha value is -13.5. The van der Waals surface area contributed by atoms with Gasteiger partial charge in [0.25, 0.3) is 0 Å². The lowest BCUT2D eigenvalue weighted by molar-refractivity contribution is 0.628. The van der Waals surface area contributed by atoms with E-state index in [2.05, 4.69) is 358 Å². The highest BCUT2D eigenvalue weighted by Crippen LogP contribution is 2.54. The Labute approximate surface area is 701 Å². The van der Waals surface area contributed by atoms with E-state index in [-0.39, 0.29) is 11.8 Å². The van der Waals surface area contributed by atoms with Crippen LogP contribution in [0.1, 0.15) is 84.0 Å². The lowest BCUT2D eigenvalue weighted by Crippen LogP contribution is -2.74. The number of furan rings is 2. The van der Waals surface area contributed by atoms with Crippen molar-refractivity contribution in [2.24, 2.45) is 0 Å². The predicted molar refractivity (Wildman–Crippen MR) is 509 cm³/mol.